The molecule has 2 N–H and O–H groups in total. The van der Waals surface area contributed by atoms with Crippen LogP contribution in [0, 0.1) is 5.92 Å². The molecule has 0 bridgehead atoms. The highest BCUT2D eigenvalue weighted by atomic mass is 32.2. The number of rotatable bonds is 8. The molecule has 0 aliphatic carbocycles. The molecule has 1 saturated heterocycles. The van der Waals surface area contributed by atoms with Crippen LogP contribution in [0.2, 0.25) is 0 Å². The first-order chi connectivity index (χ1) is 9.83. The molecule has 2 atom stereocenters. The fourth-order valence-corrected chi connectivity index (χ4v) is 3.67. The van der Waals surface area contributed by atoms with Crippen molar-refractivity contribution in [1.82, 2.24) is 9.03 Å². The quantitative estimate of drug-likeness (QED) is 0.606. The Hall–Kier alpha value is -1.19. The molecule has 2 unspecified atom stereocenters. The number of hydrogen-bond donors (Lipinski definition) is 2. The van der Waals surface area contributed by atoms with E-state index >= 15 is 0 Å². The molecule has 1 fully saturated rings. The minimum atomic E-state index is -3.89. The fourth-order valence-electron chi connectivity index (χ4n) is 2.20. The van der Waals surface area contributed by atoms with Gasteiger partial charge in [0.25, 0.3) is 10.2 Å². The van der Waals surface area contributed by atoms with Crippen molar-refractivity contribution in [3.63, 3.8) is 0 Å². The summed E-state index contributed by atoms with van der Waals surface area (Å²) in [5, 5.41) is 8.92. The summed E-state index contributed by atoms with van der Waals surface area (Å²) >= 11 is 0. The van der Waals surface area contributed by atoms with Gasteiger partial charge in [0, 0.05) is 13.1 Å². The highest BCUT2D eigenvalue weighted by Crippen LogP contribution is 2.21. The number of carboxylic acid groups (broad SMARTS) is 1. The van der Waals surface area contributed by atoms with Gasteiger partial charge in [-0.25, -0.2) is 4.72 Å². The lowest BCUT2D eigenvalue weighted by molar-refractivity contribution is -0.147. The number of carboxylic acids is 1. The van der Waals surface area contributed by atoms with Gasteiger partial charge in [-0.15, -0.1) is 0 Å². The molecular formula is C12H22N2O6S. The molecule has 0 amide bonds. The van der Waals surface area contributed by atoms with Gasteiger partial charge < -0.3 is 9.84 Å². The van der Waals surface area contributed by atoms with Crippen LogP contribution >= 0.6 is 0 Å². The lowest BCUT2D eigenvalue weighted by atomic mass is 10.1. The van der Waals surface area contributed by atoms with Crippen LogP contribution in [0.25, 0.3) is 0 Å². The first-order valence-electron chi connectivity index (χ1n) is 6.99. The van der Waals surface area contributed by atoms with Crippen molar-refractivity contribution in [1.29, 1.82) is 0 Å². The number of nitrogens with zero attached hydrogens (tertiary/aromatic N) is 1. The molecule has 1 rings (SSSR count). The molecule has 0 radical (unpaired) electrons. The number of esters is 1. The number of carbonyl (C=O) groups excluding carboxylic acids is 1. The Labute approximate surface area is 124 Å². The van der Waals surface area contributed by atoms with E-state index in [1.165, 1.54) is 0 Å². The Morgan fingerprint density at radius 2 is 2.10 bits per heavy atom. The van der Waals surface area contributed by atoms with E-state index in [0.717, 1.165) is 4.31 Å². The average molecular weight is 322 g/mol. The van der Waals surface area contributed by atoms with E-state index in [2.05, 4.69) is 4.72 Å². The summed E-state index contributed by atoms with van der Waals surface area (Å²) in [6.45, 7) is 3.55. The highest BCUT2D eigenvalue weighted by molar-refractivity contribution is 7.87. The number of aliphatic carboxylic acids is 1. The van der Waals surface area contributed by atoms with Gasteiger partial charge in [0.05, 0.1) is 12.5 Å². The van der Waals surface area contributed by atoms with Crippen LogP contribution in [-0.4, -0.2) is 55.5 Å². The van der Waals surface area contributed by atoms with Crippen LogP contribution < -0.4 is 4.72 Å². The maximum Gasteiger partial charge on any atom is 0.324 e. The van der Waals surface area contributed by atoms with Gasteiger partial charge in [-0.1, -0.05) is 6.92 Å². The summed E-state index contributed by atoms with van der Waals surface area (Å²) in [4.78, 5) is 22.7. The van der Waals surface area contributed by atoms with E-state index in [-0.39, 0.29) is 19.7 Å². The van der Waals surface area contributed by atoms with E-state index in [0.29, 0.717) is 19.3 Å². The second-order valence-corrected chi connectivity index (χ2v) is 6.53. The Balaban J connectivity index is 2.72. The van der Waals surface area contributed by atoms with Crippen molar-refractivity contribution in [2.45, 2.75) is 39.2 Å². The number of hydrogen-bond acceptors (Lipinski definition) is 5. The van der Waals surface area contributed by atoms with Crippen molar-refractivity contribution in [2.75, 3.05) is 19.7 Å². The lowest BCUT2D eigenvalue weighted by Crippen LogP contribution is -2.48. The topological polar surface area (TPSA) is 113 Å². The highest BCUT2D eigenvalue weighted by Gasteiger charge is 2.39. The van der Waals surface area contributed by atoms with Crippen molar-refractivity contribution < 1.29 is 27.9 Å². The summed E-state index contributed by atoms with van der Waals surface area (Å²) in [5.41, 5.74) is 0. The van der Waals surface area contributed by atoms with Crippen molar-refractivity contribution in [3.8, 4) is 0 Å². The molecule has 1 aliphatic rings. The Morgan fingerprint density at radius 1 is 1.43 bits per heavy atom. The third-order valence-electron chi connectivity index (χ3n) is 3.43. The number of nitrogens with one attached hydrogen (secondary N) is 1. The zero-order chi connectivity index (χ0) is 16.0. The Morgan fingerprint density at radius 3 is 2.62 bits per heavy atom. The van der Waals surface area contributed by atoms with Crippen LogP contribution in [0.1, 0.15) is 33.1 Å². The molecular weight excluding hydrogens is 300 g/mol. The third kappa shape index (κ3) is 4.65. The van der Waals surface area contributed by atoms with Gasteiger partial charge in [0.15, 0.2) is 0 Å². The largest absolute Gasteiger partial charge is 0.481 e. The van der Waals surface area contributed by atoms with Gasteiger partial charge >= 0.3 is 11.9 Å². The van der Waals surface area contributed by atoms with Gasteiger partial charge in [-0.2, -0.15) is 12.7 Å². The van der Waals surface area contributed by atoms with Gasteiger partial charge in [-0.05, 0) is 26.2 Å². The maximum atomic E-state index is 12.2. The monoisotopic (exact) mass is 322 g/mol. The fraction of sp³-hybridized carbons (Fsp3) is 0.833. The van der Waals surface area contributed by atoms with Crippen molar-refractivity contribution in [2.24, 2.45) is 5.92 Å². The van der Waals surface area contributed by atoms with Gasteiger partial charge in [-0.3, -0.25) is 9.59 Å². The second kappa shape index (κ2) is 7.71. The number of carbonyl (C=O) groups is 2. The first-order valence-corrected chi connectivity index (χ1v) is 8.43. The van der Waals surface area contributed by atoms with Gasteiger partial charge in [0.2, 0.25) is 0 Å². The SMILES string of the molecule is CCOC(=O)C1CCCN1S(=O)(=O)NCC(CC)C(=O)O. The zero-order valence-electron chi connectivity index (χ0n) is 12.2. The summed E-state index contributed by atoms with van der Waals surface area (Å²) in [6.07, 6.45) is 1.30. The minimum absolute atomic E-state index is 0.188. The molecule has 21 heavy (non-hydrogen) atoms. The molecule has 0 aromatic rings. The summed E-state index contributed by atoms with van der Waals surface area (Å²) in [5.74, 6) is -2.40. The summed E-state index contributed by atoms with van der Waals surface area (Å²) in [6, 6.07) is -0.827. The van der Waals surface area contributed by atoms with Crippen molar-refractivity contribution >= 4 is 22.1 Å². The molecule has 1 heterocycles. The maximum absolute atomic E-state index is 12.2. The predicted octanol–water partition coefficient (Wildman–Crippen LogP) is -0.0409. The van der Waals surface area contributed by atoms with Crippen LogP contribution in [0.15, 0.2) is 0 Å². The third-order valence-corrected chi connectivity index (χ3v) is 5.01. The Kier molecular flexibility index (Phi) is 6.56. The Bertz CT molecular complexity index is 478. The van der Waals surface area contributed by atoms with Crippen LogP contribution in [0.5, 0.6) is 0 Å². The molecule has 1 aliphatic heterocycles. The van der Waals surface area contributed by atoms with Crippen LogP contribution in [-0.2, 0) is 24.5 Å². The summed E-state index contributed by atoms with van der Waals surface area (Å²) < 4.78 is 32.6. The molecule has 0 aromatic heterocycles. The molecule has 0 saturated carbocycles. The van der Waals surface area contributed by atoms with E-state index in [4.69, 9.17) is 9.84 Å². The second-order valence-electron chi connectivity index (χ2n) is 4.82. The summed E-state index contributed by atoms with van der Waals surface area (Å²) in [7, 11) is -3.89. The van der Waals surface area contributed by atoms with Crippen LogP contribution in [0.4, 0.5) is 0 Å². The van der Waals surface area contributed by atoms with Crippen LogP contribution in [0.3, 0.4) is 0 Å². The predicted molar refractivity (Wildman–Crippen MR) is 74.7 cm³/mol. The normalized spacial score (nSPS) is 21.1. The first kappa shape index (κ1) is 17.9. The van der Waals surface area contributed by atoms with Crippen molar-refractivity contribution in [3.05, 3.63) is 0 Å². The lowest BCUT2D eigenvalue weighted by Gasteiger charge is -2.23. The zero-order valence-corrected chi connectivity index (χ0v) is 13.1. The van der Waals surface area contributed by atoms with Gasteiger partial charge in [0.1, 0.15) is 6.04 Å². The van der Waals surface area contributed by atoms with E-state index in [1.54, 1.807) is 13.8 Å². The molecule has 9 heteroatoms. The smallest absolute Gasteiger partial charge is 0.324 e. The minimum Gasteiger partial charge on any atom is -0.481 e. The molecule has 8 nitrogen and oxygen atoms in total. The van der Waals surface area contributed by atoms with E-state index < -0.39 is 34.1 Å². The van der Waals surface area contributed by atoms with E-state index in [9.17, 15) is 18.0 Å². The molecule has 0 aromatic carbocycles. The molecule has 0 spiro atoms. The van der Waals surface area contributed by atoms with E-state index in [1.807, 2.05) is 0 Å². The molecule has 122 valence electrons. The number of ether oxygens (including phenoxy) is 1. The standard InChI is InChI=1S/C12H22N2O6S/c1-3-9(11(15)16)8-13-21(18,19)14-7-5-6-10(14)12(17)20-4-2/h9-10,13H,3-8H2,1-2H3,(H,15,16). The average Bonchev–Trinajstić information content (AvgIpc) is 2.89.